The number of imidazole rings is 1. The zero-order valence-corrected chi connectivity index (χ0v) is 7.61. The summed E-state index contributed by atoms with van der Waals surface area (Å²) in [6.07, 6.45) is 6.34. The SMILES string of the molecule is OC1CCCn2cc(C3CC3)nc21. The Balaban J connectivity index is 1.99. The van der Waals surface area contributed by atoms with Gasteiger partial charge in [-0.05, 0) is 25.7 Å². The summed E-state index contributed by atoms with van der Waals surface area (Å²) in [6, 6.07) is 0. The molecule has 0 radical (unpaired) electrons. The first-order valence-electron chi connectivity index (χ1n) is 5.09. The van der Waals surface area contributed by atoms with Crippen LogP contribution in [0.25, 0.3) is 0 Å². The number of hydrogen-bond acceptors (Lipinski definition) is 2. The molecule has 1 aromatic heterocycles. The van der Waals surface area contributed by atoms with Gasteiger partial charge in [0.2, 0.25) is 0 Å². The van der Waals surface area contributed by atoms with Crippen molar-refractivity contribution in [3.8, 4) is 0 Å². The van der Waals surface area contributed by atoms with E-state index in [2.05, 4.69) is 15.7 Å². The molecular weight excluding hydrogens is 164 g/mol. The van der Waals surface area contributed by atoms with Gasteiger partial charge >= 0.3 is 0 Å². The highest BCUT2D eigenvalue weighted by Crippen LogP contribution is 2.40. The second-order valence-corrected chi connectivity index (χ2v) is 4.15. The molecule has 70 valence electrons. The number of rotatable bonds is 1. The van der Waals surface area contributed by atoms with E-state index in [1.165, 1.54) is 18.5 Å². The molecule has 1 fully saturated rings. The zero-order valence-electron chi connectivity index (χ0n) is 7.61. The molecule has 0 aromatic carbocycles. The van der Waals surface area contributed by atoms with Crippen molar-refractivity contribution >= 4 is 0 Å². The van der Waals surface area contributed by atoms with Crippen molar-refractivity contribution in [2.75, 3.05) is 0 Å². The molecule has 0 bridgehead atoms. The van der Waals surface area contributed by atoms with Crippen LogP contribution in [0.5, 0.6) is 0 Å². The van der Waals surface area contributed by atoms with E-state index in [-0.39, 0.29) is 6.10 Å². The van der Waals surface area contributed by atoms with Gasteiger partial charge in [-0.15, -0.1) is 0 Å². The standard InChI is InChI=1S/C10H14N2O/c13-9-2-1-5-12-6-8(7-3-4-7)11-10(9)12/h6-7,9,13H,1-5H2. The van der Waals surface area contributed by atoms with Gasteiger partial charge in [-0.1, -0.05) is 0 Å². The lowest BCUT2D eigenvalue weighted by Crippen LogP contribution is -2.14. The van der Waals surface area contributed by atoms with Gasteiger partial charge in [-0.25, -0.2) is 4.98 Å². The summed E-state index contributed by atoms with van der Waals surface area (Å²) in [7, 11) is 0. The van der Waals surface area contributed by atoms with Gasteiger partial charge in [0.05, 0.1) is 5.69 Å². The Morgan fingerprint density at radius 2 is 2.23 bits per heavy atom. The average Bonchev–Trinajstić information content (AvgIpc) is 2.87. The molecule has 0 spiro atoms. The molecule has 1 aromatic rings. The Kier molecular flexibility index (Phi) is 1.50. The molecule has 3 rings (SSSR count). The Morgan fingerprint density at radius 3 is 2.92 bits per heavy atom. The van der Waals surface area contributed by atoms with Crippen LogP contribution in [0.1, 0.15) is 49.2 Å². The minimum Gasteiger partial charge on any atom is -0.385 e. The minimum absolute atomic E-state index is 0.318. The predicted octanol–water partition coefficient (Wildman–Crippen LogP) is 1.59. The van der Waals surface area contributed by atoms with Crippen LogP contribution >= 0.6 is 0 Å². The van der Waals surface area contributed by atoms with Crippen LogP contribution in [-0.4, -0.2) is 14.7 Å². The van der Waals surface area contributed by atoms with Gasteiger partial charge < -0.3 is 9.67 Å². The van der Waals surface area contributed by atoms with E-state index in [0.29, 0.717) is 5.92 Å². The average molecular weight is 178 g/mol. The number of fused-ring (bicyclic) bond motifs is 1. The first-order valence-corrected chi connectivity index (χ1v) is 5.09. The lowest BCUT2D eigenvalue weighted by atomic mass is 10.1. The van der Waals surface area contributed by atoms with Crippen LogP contribution in [-0.2, 0) is 6.54 Å². The molecule has 3 nitrogen and oxygen atoms in total. The topological polar surface area (TPSA) is 38.0 Å². The quantitative estimate of drug-likeness (QED) is 0.709. The maximum Gasteiger partial charge on any atom is 0.137 e. The molecule has 1 aliphatic heterocycles. The maximum absolute atomic E-state index is 9.69. The highest BCUT2D eigenvalue weighted by atomic mass is 16.3. The number of hydrogen-bond donors (Lipinski definition) is 1. The normalized spacial score (nSPS) is 27.3. The van der Waals surface area contributed by atoms with Crippen molar-refractivity contribution in [3.63, 3.8) is 0 Å². The Labute approximate surface area is 77.4 Å². The van der Waals surface area contributed by atoms with Gasteiger partial charge in [-0.3, -0.25) is 0 Å². The van der Waals surface area contributed by atoms with Gasteiger partial charge in [0.25, 0.3) is 0 Å². The lowest BCUT2D eigenvalue weighted by molar-refractivity contribution is 0.133. The number of aliphatic hydroxyl groups is 1. The first kappa shape index (κ1) is 7.56. The fourth-order valence-electron chi connectivity index (χ4n) is 2.06. The second-order valence-electron chi connectivity index (χ2n) is 4.15. The third-order valence-electron chi connectivity index (χ3n) is 3.00. The van der Waals surface area contributed by atoms with Gasteiger partial charge in [0, 0.05) is 18.7 Å². The third-order valence-corrected chi connectivity index (χ3v) is 3.00. The van der Waals surface area contributed by atoms with E-state index in [4.69, 9.17) is 0 Å². The third kappa shape index (κ3) is 1.18. The van der Waals surface area contributed by atoms with Gasteiger partial charge in [0.15, 0.2) is 0 Å². The van der Waals surface area contributed by atoms with Crippen LogP contribution in [0.3, 0.4) is 0 Å². The predicted molar refractivity (Wildman–Crippen MR) is 48.4 cm³/mol. The number of nitrogens with zero attached hydrogens (tertiary/aromatic N) is 2. The molecule has 2 heterocycles. The number of aromatic nitrogens is 2. The molecule has 1 aliphatic carbocycles. The van der Waals surface area contributed by atoms with Gasteiger partial charge in [0.1, 0.15) is 11.9 Å². The van der Waals surface area contributed by atoms with E-state index >= 15 is 0 Å². The van der Waals surface area contributed by atoms with E-state index in [1.807, 2.05) is 0 Å². The minimum atomic E-state index is -0.318. The monoisotopic (exact) mass is 178 g/mol. The lowest BCUT2D eigenvalue weighted by Gasteiger charge is -2.18. The fraction of sp³-hybridized carbons (Fsp3) is 0.700. The second kappa shape index (κ2) is 2.58. The molecule has 13 heavy (non-hydrogen) atoms. The van der Waals surface area contributed by atoms with Crippen LogP contribution in [0, 0.1) is 0 Å². The Morgan fingerprint density at radius 1 is 1.38 bits per heavy atom. The largest absolute Gasteiger partial charge is 0.385 e. The molecule has 2 aliphatic rings. The number of aliphatic hydroxyl groups excluding tert-OH is 1. The zero-order chi connectivity index (χ0) is 8.84. The first-order chi connectivity index (χ1) is 6.34. The summed E-state index contributed by atoms with van der Waals surface area (Å²) in [5.74, 6) is 1.60. The van der Waals surface area contributed by atoms with Crippen LogP contribution in [0.2, 0.25) is 0 Å². The van der Waals surface area contributed by atoms with E-state index < -0.39 is 0 Å². The summed E-state index contributed by atoms with van der Waals surface area (Å²) in [5.41, 5.74) is 1.20. The Hall–Kier alpha value is -0.830. The fourth-order valence-corrected chi connectivity index (χ4v) is 2.06. The highest BCUT2D eigenvalue weighted by Gasteiger charge is 2.29. The molecule has 3 heteroatoms. The van der Waals surface area contributed by atoms with Crippen LogP contribution in [0.4, 0.5) is 0 Å². The molecule has 1 unspecified atom stereocenters. The molecule has 1 N–H and O–H groups in total. The van der Waals surface area contributed by atoms with Crippen LogP contribution in [0.15, 0.2) is 6.20 Å². The molecule has 1 saturated carbocycles. The summed E-state index contributed by atoms with van der Waals surface area (Å²) in [4.78, 5) is 4.51. The van der Waals surface area contributed by atoms with Crippen molar-refractivity contribution < 1.29 is 5.11 Å². The molecule has 0 amide bonds. The maximum atomic E-state index is 9.69. The van der Waals surface area contributed by atoms with Crippen molar-refractivity contribution in [3.05, 3.63) is 17.7 Å². The summed E-state index contributed by atoms with van der Waals surface area (Å²) >= 11 is 0. The van der Waals surface area contributed by atoms with Crippen molar-refractivity contribution in [2.24, 2.45) is 0 Å². The van der Waals surface area contributed by atoms with Gasteiger partial charge in [-0.2, -0.15) is 0 Å². The Bertz CT molecular complexity index is 328. The smallest absolute Gasteiger partial charge is 0.137 e. The molecule has 1 atom stereocenters. The summed E-state index contributed by atoms with van der Waals surface area (Å²) in [6.45, 7) is 1.03. The van der Waals surface area contributed by atoms with E-state index in [0.717, 1.165) is 25.2 Å². The summed E-state index contributed by atoms with van der Waals surface area (Å²) in [5, 5.41) is 9.69. The van der Waals surface area contributed by atoms with Crippen molar-refractivity contribution in [1.29, 1.82) is 0 Å². The summed E-state index contributed by atoms with van der Waals surface area (Å²) < 4.78 is 2.13. The van der Waals surface area contributed by atoms with Crippen molar-refractivity contribution in [2.45, 2.75) is 44.2 Å². The number of aryl methyl sites for hydroxylation is 1. The van der Waals surface area contributed by atoms with Crippen molar-refractivity contribution in [1.82, 2.24) is 9.55 Å². The molecule has 0 saturated heterocycles. The van der Waals surface area contributed by atoms with Crippen LogP contribution < -0.4 is 0 Å². The molecular formula is C10H14N2O. The van der Waals surface area contributed by atoms with E-state index in [1.54, 1.807) is 0 Å². The highest BCUT2D eigenvalue weighted by molar-refractivity contribution is 5.16. The van der Waals surface area contributed by atoms with E-state index in [9.17, 15) is 5.11 Å².